The van der Waals surface area contributed by atoms with Crippen LogP contribution in [0.25, 0.3) is 0 Å². The van der Waals surface area contributed by atoms with Gasteiger partial charge >= 0.3 is 11.9 Å². The Morgan fingerprint density at radius 1 is 1.17 bits per heavy atom. The van der Waals surface area contributed by atoms with E-state index >= 15 is 0 Å². The highest BCUT2D eigenvalue weighted by molar-refractivity contribution is 6.11. The molecule has 5 nitrogen and oxygen atoms in total. The van der Waals surface area contributed by atoms with Gasteiger partial charge in [-0.25, -0.2) is 9.59 Å². The van der Waals surface area contributed by atoms with Crippen LogP contribution in [0.5, 0.6) is 0 Å². The van der Waals surface area contributed by atoms with E-state index in [1.54, 1.807) is 0 Å². The standard InChI is InChI=1S/C7H8O5/c1-11-6(9)3-5(4-8)7(10)12-2/h3-4H,1-2H3/b5-3-. The first kappa shape index (κ1) is 10.3. The Labute approximate surface area is 69.0 Å². The van der Waals surface area contributed by atoms with Crippen LogP contribution >= 0.6 is 0 Å². The highest BCUT2D eigenvalue weighted by Gasteiger charge is 2.10. The smallest absolute Gasteiger partial charge is 0.341 e. The molecular weight excluding hydrogens is 164 g/mol. The van der Waals surface area contributed by atoms with E-state index in [-0.39, 0.29) is 11.9 Å². The summed E-state index contributed by atoms with van der Waals surface area (Å²) < 4.78 is 8.40. The zero-order valence-corrected chi connectivity index (χ0v) is 6.70. The quantitative estimate of drug-likeness (QED) is 0.188. The molecule has 0 rings (SSSR count). The second-order valence-corrected chi connectivity index (χ2v) is 1.73. The molecule has 0 aliphatic carbocycles. The Hall–Kier alpha value is -1.65. The monoisotopic (exact) mass is 172 g/mol. The molecule has 0 saturated carbocycles. The van der Waals surface area contributed by atoms with Crippen LogP contribution in [0.15, 0.2) is 11.6 Å². The zero-order valence-electron chi connectivity index (χ0n) is 6.70. The largest absolute Gasteiger partial charge is 0.466 e. The number of ether oxygens (including phenoxy) is 2. The van der Waals surface area contributed by atoms with Gasteiger partial charge in [-0.1, -0.05) is 0 Å². The van der Waals surface area contributed by atoms with Crippen molar-refractivity contribution in [3.05, 3.63) is 11.6 Å². The summed E-state index contributed by atoms with van der Waals surface area (Å²) in [4.78, 5) is 31.4. The Bertz CT molecular complexity index is 228. The van der Waals surface area contributed by atoms with E-state index in [0.29, 0.717) is 0 Å². The number of hydrogen-bond donors (Lipinski definition) is 0. The third-order valence-corrected chi connectivity index (χ3v) is 1.02. The van der Waals surface area contributed by atoms with Gasteiger partial charge in [0.1, 0.15) is 5.57 Å². The summed E-state index contributed by atoms with van der Waals surface area (Å²) in [7, 11) is 2.25. The molecule has 0 aliphatic rings. The van der Waals surface area contributed by atoms with Crippen molar-refractivity contribution in [1.82, 2.24) is 0 Å². The summed E-state index contributed by atoms with van der Waals surface area (Å²) in [5.41, 5.74) is -0.371. The lowest BCUT2D eigenvalue weighted by atomic mass is 10.3. The molecule has 0 aromatic heterocycles. The summed E-state index contributed by atoms with van der Waals surface area (Å²) >= 11 is 0. The maximum absolute atomic E-state index is 10.7. The Balaban J connectivity index is 4.54. The third-order valence-electron chi connectivity index (χ3n) is 1.02. The molecule has 0 aliphatic heterocycles. The minimum absolute atomic E-state index is 0.225. The number of hydrogen-bond acceptors (Lipinski definition) is 5. The van der Waals surface area contributed by atoms with Crippen molar-refractivity contribution in [3.63, 3.8) is 0 Å². The average molecular weight is 172 g/mol. The Kier molecular flexibility index (Phi) is 4.36. The van der Waals surface area contributed by atoms with Gasteiger partial charge in [0.05, 0.1) is 14.2 Å². The van der Waals surface area contributed by atoms with E-state index in [1.165, 1.54) is 0 Å². The molecule has 0 saturated heterocycles. The predicted molar refractivity (Wildman–Crippen MR) is 38.2 cm³/mol. The zero-order chi connectivity index (χ0) is 9.56. The van der Waals surface area contributed by atoms with E-state index < -0.39 is 11.9 Å². The van der Waals surface area contributed by atoms with Gasteiger partial charge in [0.25, 0.3) is 0 Å². The summed E-state index contributed by atoms with van der Waals surface area (Å²) in [5, 5.41) is 0. The Morgan fingerprint density at radius 3 is 2.08 bits per heavy atom. The molecule has 0 radical (unpaired) electrons. The summed E-state index contributed by atoms with van der Waals surface area (Å²) in [6.45, 7) is 0. The highest BCUT2D eigenvalue weighted by Crippen LogP contribution is 1.93. The number of esters is 2. The average Bonchev–Trinajstić information content (AvgIpc) is 2.12. The lowest BCUT2D eigenvalue weighted by molar-refractivity contribution is -0.139. The van der Waals surface area contributed by atoms with Crippen LogP contribution in [0.4, 0.5) is 0 Å². The van der Waals surface area contributed by atoms with E-state index in [9.17, 15) is 14.4 Å². The van der Waals surface area contributed by atoms with Gasteiger partial charge in [-0.3, -0.25) is 4.79 Å². The molecule has 0 atom stereocenters. The second kappa shape index (κ2) is 5.06. The maximum atomic E-state index is 10.7. The molecule has 0 aromatic rings. The Morgan fingerprint density at radius 2 is 1.75 bits per heavy atom. The molecule has 0 unspecified atom stereocenters. The first-order valence-electron chi connectivity index (χ1n) is 2.98. The lowest BCUT2D eigenvalue weighted by Gasteiger charge is -1.95. The number of carbonyl (C=O) groups is 3. The lowest BCUT2D eigenvalue weighted by Crippen LogP contribution is -2.08. The number of carbonyl (C=O) groups excluding carboxylic acids is 3. The predicted octanol–water partition coefficient (Wildman–Crippen LogP) is -0.542. The molecule has 0 fully saturated rings. The van der Waals surface area contributed by atoms with Crippen molar-refractivity contribution < 1.29 is 23.9 Å². The van der Waals surface area contributed by atoms with Gasteiger partial charge in [0.15, 0.2) is 6.29 Å². The molecular formula is C7H8O5. The van der Waals surface area contributed by atoms with Crippen LogP contribution in [-0.4, -0.2) is 32.4 Å². The van der Waals surface area contributed by atoms with Crippen molar-refractivity contribution in [2.24, 2.45) is 0 Å². The summed E-state index contributed by atoms with van der Waals surface area (Å²) in [6.07, 6.45) is 0.988. The molecule has 0 aromatic carbocycles. The molecule has 0 spiro atoms. The summed E-state index contributed by atoms with van der Waals surface area (Å²) in [6, 6.07) is 0. The second-order valence-electron chi connectivity index (χ2n) is 1.73. The molecule has 0 heterocycles. The van der Waals surface area contributed by atoms with E-state index in [2.05, 4.69) is 9.47 Å². The van der Waals surface area contributed by atoms with Crippen LogP contribution in [0.3, 0.4) is 0 Å². The van der Waals surface area contributed by atoms with Gasteiger partial charge in [-0.05, 0) is 0 Å². The van der Waals surface area contributed by atoms with Crippen LogP contribution in [0.1, 0.15) is 0 Å². The first-order valence-corrected chi connectivity index (χ1v) is 2.98. The van der Waals surface area contributed by atoms with Crippen LogP contribution in [-0.2, 0) is 23.9 Å². The van der Waals surface area contributed by atoms with Crippen molar-refractivity contribution in [3.8, 4) is 0 Å². The minimum Gasteiger partial charge on any atom is -0.466 e. The van der Waals surface area contributed by atoms with Crippen LogP contribution in [0, 0.1) is 0 Å². The van der Waals surface area contributed by atoms with Gasteiger partial charge in [0, 0.05) is 6.08 Å². The topological polar surface area (TPSA) is 69.7 Å². The van der Waals surface area contributed by atoms with Gasteiger partial charge in [0.2, 0.25) is 0 Å². The van der Waals surface area contributed by atoms with Gasteiger partial charge in [-0.15, -0.1) is 0 Å². The first-order chi connectivity index (χ1) is 5.65. The number of rotatable bonds is 3. The van der Waals surface area contributed by atoms with Gasteiger partial charge < -0.3 is 9.47 Å². The fourth-order valence-electron chi connectivity index (χ4n) is 0.445. The molecule has 5 heteroatoms. The van der Waals surface area contributed by atoms with E-state index in [4.69, 9.17) is 0 Å². The van der Waals surface area contributed by atoms with Crippen LogP contribution in [0.2, 0.25) is 0 Å². The van der Waals surface area contributed by atoms with Crippen molar-refractivity contribution >= 4 is 18.2 Å². The van der Waals surface area contributed by atoms with Crippen molar-refractivity contribution in [2.75, 3.05) is 14.2 Å². The van der Waals surface area contributed by atoms with E-state index in [1.807, 2.05) is 0 Å². The van der Waals surface area contributed by atoms with Gasteiger partial charge in [-0.2, -0.15) is 0 Å². The SMILES string of the molecule is COC(=O)/C=C(/C=O)C(=O)OC. The molecule has 0 bridgehead atoms. The van der Waals surface area contributed by atoms with E-state index in [0.717, 1.165) is 20.3 Å². The van der Waals surface area contributed by atoms with Crippen LogP contribution < -0.4 is 0 Å². The molecule has 0 amide bonds. The number of aldehydes is 1. The highest BCUT2D eigenvalue weighted by atomic mass is 16.5. The van der Waals surface area contributed by atoms with Crippen molar-refractivity contribution in [1.29, 1.82) is 0 Å². The summed E-state index contributed by atoms with van der Waals surface area (Å²) in [5.74, 6) is -1.64. The minimum atomic E-state index is -0.865. The molecule has 0 N–H and O–H groups in total. The maximum Gasteiger partial charge on any atom is 0.341 e. The third kappa shape index (κ3) is 2.96. The van der Waals surface area contributed by atoms with Crippen molar-refractivity contribution in [2.45, 2.75) is 0 Å². The molecule has 12 heavy (non-hydrogen) atoms. The molecule has 66 valence electrons. The fraction of sp³-hybridized carbons (Fsp3) is 0.286. The number of methoxy groups -OCH3 is 2. The normalized spacial score (nSPS) is 10.3. The fourth-order valence-corrected chi connectivity index (χ4v) is 0.445.